The molecule has 0 radical (unpaired) electrons. The van der Waals surface area contributed by atoms with Crippen molar-refractivity contribution in [2.45, 2.75) is 19.4 Å². The zero-order valence-corrected chi connectivity index (χ0v) is 12.2. The average Bonchev–Trinajstić information content (AvgIpc) is 2.50. The number of rotatable bonds is 2. The topological polar surface area (TPSA) is 53.2 Å². The number of hydrogen-bond acceptors (Lipinski definition) is 2. The Kier molecular flexibility index (Phi) is 4.06. The Morgan fingerprint density at radius 1 is 1.19 bits per heavy atom. The van der Waals surface area contributed by atoms with Crippen LogP contribution in [0.4, 0.5) is 10.5 Å². The smallest absolute Gasteiger partial charge is 0.319 e. The maximum absolute atomic E-state index is 12.2. The number of urea groups is 1. The van der Waals surface area contributed by atoms with E-state index >= 15 is 0 Å². The summed E-state index contributed by atoms with van der Waals surface area (Å²) in [6.07, 6.45) is 0.976. The van der Waals surface area contributed by atoms with Gasteiger partial charge in [0.05, 0.1) is 5.69 Å². The van der Waals surface area contributed by atoms with E-state index in [-0.39, 0.29) is 12.1 Å². The summed E-state index contributed by atoms with van der Waals surface area (Å²) in [5.74, 6) is 0.456. The van der Waals surface area contributed by atoms with Gasteiger partial charge < -0.3 is 16.0 Å². The van der Waals surface area contributed by atoms with Crippen molar-refractivity contribution in [2.75, 3.05) is 18.4 Å². The molecule has 2 amide bonds. The van der Waals surface area contributed by atoms with Gasteiger partial charge in [-0.1, -0.05) is 43.3 Å². The monoisotopic (exact) mass is 283 g/mol. The standard InChI is InChI=1S/C17H21N3O/c1-12-11-18-10-9-15(12)19-17(21)20-16-8-4-6-13-5-2-3-7-14(13)16/h2-8,12,15,18H,9-11H2,1H3,(H2,19,20,21). The van der Waals surface area contributed by atoms with Crippen molar-refractivity contribution < 1.29 is 4.79 Å². The lowest BCUT2D eigenvalue weighted by Crippen LogP contribution is -2.49. The summed E-state index contributed by atoms with van der Waals surface area (Å²) in [7, 11) is 0. The highest BCUT2D eigenvalue weighted by Crippen LogP contribution is 2.23. The zero-order chi connectivity index (χ0) is 14.7. The first kappa shape index (κ1) is 13.9. The highest BCUT2D eigenvalue weighted by molar-refractivity contribution is 6.01. The summed E-state index contributed by atoms with van der Waals surface area (Å²) in [6.45, 7) is 4.08. The lowest BCUT2D eigenvalue weighted by Gasteiger charge is -2.30. The number of amides is 2. The first-order valence-corrected chi connectivity index (χ1v) is 7.50. The third-order valence-electron chi connectivity index (χ3n) is 4.14. The number of anilines is 1. The van der Waals surface area contributed by atoms with Crippen LogP contribution in [0.25, 0.3) is 10.8 Å². The number of hydrogen-bond donors (Lipinski definition) is 3. The fourth-order valence-electron chi connectivity index (χ4n) is 2.89. The van der Waals surface area contributed by atoms with Gasteiger partial charge in [-0.15, -0.1) is 0 Å². The Morgan fingerprint density at radius 2 is 2.00 bits per heavy atom. The Hall–Kier alpha value is -2.07. The molecule has 0 saturated carbocycles. The molecular weight excluding hydrogens is 262 g/mol. The van der Waals surface area contributed by atoms with Crippen LogP contribution < -0.4 is 16.0 Å². The number of carbonyl (C=O) groups is 1. The van der Waals surface area contributed by atoms with Gasteiger partial charge in [-0.3, -0.25) is 0 Å². The second kappa shape index (κ2) is 6.14. The van der Waals surface area contributed by atoms with Crippen molar-refractivity contribution in [3.63, 3.8) is 0 Å². The maximum Gasteiger partial charge on any atom is 0.319 e. The van der Waals surface area contributed by atoms with E-state index in [9.17, 15) is 4.79 Å². The summed E-state index contributed by atoms with van der Waals surface area (Å²) in [5.41, 5.74) is 0.854. The van der Waals surface area contributed by atoms with Crippen LogP contribution in [0, 0.1) is 5.92 Å². The lowest BCUT2D eigenvalue weighted by atomic mass is 9.95. The molecule has 21 heavy (non-hydrogen) atoms. The predicted octanol–water partition coefficient (Wildman–Crippen LogP) is 2.96. The van der Waals surface area contributed by atoms with E-state index in [4.69, 9.17) is 0 Å². The lowest BCUT2D eigenvalue weighted by molar-refractivity contribution is 0.236. The zero-order valence-electron chi connectivity index (χ0n) is 12.2. The van der Waals surface area contributed by atoms with Crippen LogP contribution >= 0.6 is 0 Å². The highest BCUT2D eigenvalue weighted by Gasteiger charge is 2.22. The van der Waals surface area contributed by atoms with Gasteiger partial charge in [-0.05, 0) is 36.9 Å². The Morgan fingerprint density at radius 3 is 2.86 bits per heavy atom. The van der Waals surface area contributed by atoms with Gasteiger partial charge in [0.1, 0.15) is 0 Å². The van der Waals surface area contributed by atoms with Crippen molar-refractivity contribution >= 4 is 22.5 Å². The van der Waals surface area contributed by atoms with Crippen LogP contribution in [-0.4, -0.2) is 25.2 Å². The van der Waals surface area contributed by atoms with Crippen LogP contribution in [-0.2, 0) is 0 Å². The fourth-order valence-corrected chi connectivity index (χ4v) is 2.89. The molecule has 2 atom stereocenters. The Balaban J connectivity index is 1.71. The molecule has 1 saturated heterocycles. The van der Waals surface area contributed by atoms with Crippen molar-refractivity contribution in [1.82, 2.24) is 10.6 Å². The van der Waals surface area contributed by atoms with Crippen molar-refractivity contribution in [2.24, 2.45) is 5.92 Å². The molecule has 4 heteroatoms. The van der Waals surface area contributed by atoms with E-state index < -0.39 is 0 Å². The van der Waals surface area contributed by atoms with Crippen LogP contribution in [0.5, 0.6) is 0 Å². The average molecular weight is 283 g/mol. The SMILES string of the molecule is CC1CNCCC1NC(=O)Nc1cccc2ccccc12. The molecule has 1 aliphatic rings. The maximum atomic E-state index is 12.2. The van der Waals surface area contributed by atoms with Gasteiger partial charge in [0.2, 0.25) is 0 Å². The van der Waals surface area contributed by atoms with Crippen molar-refractivity contribution in [3.8, 4) is 0 Å². The van der Waals surface area contributed by atoms with Gasteiger partial charge in [0.15, 0.2) is 0 Å². The third-order valence-corrected chi connectivity index (χ3v) is 4.14. The van der Waals surface area contributed by atoms with E-state index in [0.717, 1.165) is 36.0 Å². The molecule has 0 aliphatic carbocycles. The first-order chi connectivity index (χ1) is 10.2. The van der Waals surface area contributed by atoms with Crippen molar-refractivity contribution in [1.29, 1.82) is 0 Å². The molecular formula is C17H21N3O. The fraction of sp³-hybridized carbons (Fsp3) is 0.353. The minimum atomic E-state index is -0.120. The minimum Gasteiger partial charge on any atom is -0.335 e. The number of piperidine rings is 1. The second-order valence-electron chi connectivity index (χ2n) is 5.70. The summed E-state index contributed by atoms with van der Waals surface area (Å²) in [4.78, 5) is 12.2. The molecule has 0 aromatic heterocycles. The summed E-state index contributed by atoms with van der Waals surface area (Å²) >= 11 is 0. The summed E-state index contributed by atoms with van der Waals surface area (Å²) < 4.78 is 0. The molecule has 1 aliphatic heterocycles. The number of nitrogens with one attached hydrogen (secondary N) is 3. The molecule has 1 heterocycles. The number of carbonyl (C=O) groups excluding carboxylic acids is 1. The molecule has 0 bridgehead atoms. The van der Waals surface area contributed by atoms with Crippen LogP contribution in [0.15, 0.2) is 42.5 Å². The molecule has 1 fully saturated rings. The molecule has 3 N–H and O–H groups in total. The predicted molar refractivity (Wildman–Crippen MR) is 86.5 cm³/mol. The van der Waals surface area contributed by atoms with E-state index in [0.29, 0.717) is 5.92 Å². The molecule has 110 valence electrons. The van der Waals surface area contributed by atoms with Gasteiger partial charge >= 0.3 is 6.03 Å². The van der Waals surface area contributed by atoms with Gasteiger partial charge in [-0.25, -0.2) is 4.79 Å². The second-order valence-corrected chi connectivity index (χ2v) is 5.70. The first-order valence-electron chi connectivity index (χ1n) is 7.50. The molecule has 3 rings (SSSR count). The molecule has 2 unspecified atom stereocenters. The van der Waals surface area contributed by atoms with Crippen LogP contribution in [0.2, 0.25) is 0 Å². The largest absolute Gasteiger partial charge is 0.335 e. The normalized spacial score (nSPS) is 22.0. The number of fused-ring (bicyclic) bond motifs is 1. The Labute approximate surface area is 124 Å². The summed E-state index contributed by atoms with van der Waals surface area (Å²) in [5, 5.41) is 11.6. The quantitative estimate of drug-likeness (QED) is 0.793. The highest BCUT2D eigenvalue weighted by atomic mass is 16.2. The van der Waals surface area contributed by atoms with E-state index in [2.05, 4.69) is 22.9 Å². The summed E-state index contributed by atoms with van der Waals surface area (Å²) in [6, 6.07) is 14.1. The molecule has 0 spiro atoms. The van der Waals surface area contributed by atoms with E-state index in [1.54, 1.807) is 0 Å². The number of benzene rings is 2. The Bertz CT molecular complexity index is 635. The van der Waals surface area contributed by atoms with Gasteiger partial charge in [0, 0.05) is 11.4 Å². The van der Waals surface area contributed by atoms with Gasteiger partial charge in [-0.2, -0.15) is 0 Å². The van der Waals surface area contributed by atoms with Crippen LogP contribution in [0.1, 0.15) is 13.3 Å². The van der Waals surface area contributed by atoms with Crippen molar-refractivity contribution in [3.05, 3.63) is 42.5 Å². The third kappa shape index (κ3) is 3.16. The van der Waals surface area contributed by atoms with Gasteiger partial charge in [0.25, 0.3) is 0 Å². The molecule has 4 nitrogen and oxygen atoms in total. The molecule has 2 aromatic carbocycles. The van der Waals surface area contributed by atoms with E-state index in [1.165, 1.54) is 0 Å². The molecule has 2 aromatic rings. The van der Waals surface area contributed by atoms with Crippen LogP contribution in [0.3, 0.4) is 0 Å². The van der Waals surface area contributed by atoms with E-state index in [1.807, 2.05) is 42.5 Å². The minimum absolute atomic E-state index is 0.120.